The Kier molecular flexibility index (Phi) is 6.03. The first-order chi connectivity index (χ1) is 14.5. The second-order valence-electron chi connectivity index (χ2n) is 6.98. The minimum absolute atomic E-state index is 0.0689. The minimum Gasteiger partial charge on any atom is -0.385 e. The van der Waals surface area contributed by atoms with Crippen LogP contribution >= 0.6 is 23.1 Å². The molecule has 1 aromatic carbocycles. The van der Waals surface area contributed by atoms with Crippen LogP contribution in [0.2, 0.25) is 0 Å². The van der Waals surface area contributed by atoms with Gasteiger partial charge in [0.2, 0.25) is 0 Å². The van der Waals surface area contributed by atoms with Gasteiger partial charge in [-0.15, -0.1) is 11.3 Å². The number of nitrogens with one attached hydrogen (secondary N) is 1. The van der Waals surface area contributed by atoms with Gasteiger partial charge >= 0.3 is 0 Å². The molecule has 7 nitrogen and oxygen atoms in total. The number of aryl methyl sites for hydroxylation is 2. The molecule has 0 aliphatic rings. The number of fused-ring (bicyclic) bond motifs is 2. The van der Waals surface area contributed by atoms with Gasteiger partial charge in [0.15, 0.2) is 5.16 Å². The summed E-state index contributed by atoms with van der Waals surface area (Å²) >= 11 is 2.92. The lowest BCUT2D eigenvalue weighted by Crippen LogP contribution is -2.24. The average molecular weight is 443 g/mol. The van der Waals surface area contributed by atoms with Gasteiger partial charge in [-0.2, -0.15) is 0 Å². The van der Waals surface area contributed by atoms with Crippen LogP contribution in [-0.4, -0.2) is 33.2 Å². The zero-order chi connectivity index (χ0) is 21.3. The SMILES string of the molecule is COCCCn1c(SCc2nc3sc(C)c(C)c3c(=O)[nH]2)nc2ccccc2c1=O. The number of H-pyrrole nitrogens is 1. The summed E-state index contributed by atoms with van der Waals surface area (Å²) in [7, 11) is 1.64. The number of hydrogen-bond donors (Lipinski definition) is 1. The zero-order valence-corrected chi connectivity index (χ0v) is 18.7. The molecule has 30 heavy (non-hydrogen) atoms. The third-order valence-electron chi connectivity index (χ3n) is 4.98. The maximum atomic E-state index is 13.0. The van der Waals surface area contributed by atoms with Crippen molar-refractivity contribution in [3.8, 4) is 0 Å². The fourth-order valence-electron chi connectivity index (χ4n) is 3.32. The fourth-order valence-corrected chi connectivity index (χ4v) is 5.27. The number of benzene rings is 1. The Bertz CT molecular complexity index is 1340. The molecule has 0 fully saturated rings. The molecule has 0 radical (unpaired) electrons. The van der Waals surface area contributed by atoms with Crippen molar-refractivity contribution in [1.82, 2.24) is 19.5 Å². The number of thiophene rings is 1. The Morgan fingerprint density at radius 2 is 2.00 bits per heavy atom. The minimum atomic E-state index is -0.124. The number of rotatable bonds is 7. The Balaban J connectivity index is 1.69. The highest BCUT2D eigenvalue weighted by Gasteiger charge is 2.15. The molecule has 0 saturated carbocycles. The van der Waals surface area contributed by atoms with E-state index in [0.29, 0.717) is 52.6 Å². The highest BCUT2D eigenvalue weighted by atomic mass is 32.2. The summed E-state index contributed by atoms with van der Waals surface area (Å²) in [5.74, 6) is 0.987. The van der Waals surface area contributed by atoms with E-state index in [4.69, 9.17) is 9.72 Å². The third kappa shape index (κ3) is 3.92. The van der Waals surface area contributed by atoms with E-state index in [-0.39, 0.29) is 11.1 Å². The number of thioether (sulfide) groups is 1. The predicted octanol–water partition coefficient (Wildman–Crippen LogP) is 3.64. The van der Waals surface area contributed by atoms with E-state index in [2.05, 4.69) is 9.97 Å². The molecule has 4 aromatic rings. The van der Waals surface area contributed by atoms with E-state index in [0.717, 1.165) is 15.3 Å². The topological polar surface area (TPSA) is 89.9 Å². The highest BCUT2D eigenvalue weighted by Crippen LogP contribution is 2.27. The summed E-state index contributed by atoms with van der Waals surface area (Å²) in [5.41, 5.74) is 1.45. The van der Waals surface area contributed by atoms with Crippen molar-refractivity contribution in [3.63, 3.8) is 0 Å². The van der Waals surface area contributed by atoms with E-state index < -0.39 is 0 Å². The van der Waals surface area contributed by atoms with E-state index in [1.165, 1.54) is 23.1 Å². The summed E-state index contributed by atoms with van der Waals surface area (Å²) in [4.78, 5) is 39.6. The molecular formula is C21H22N4O3S2. The number of ether oxygens (including phenoxy) is 1. The van der Waals surface area contributed by atoms with Crippen LogP contribution in [0.5, 0.6) is 0 Å². The van der Waals surface area contributed by atoms with Crippen molar-refractivity contribution < 1.29 is 4.74 Å². The number of aromatic amines is 1. The van der Waals surface area contributed by atoms with E-state index in [1.54, 1.807) is 17.7 Å². The molecule has 0 aliphatic heterocycles. The van der Waals surface area contributed by atoms with Crippen LogP contribution in [0, 0.1) is 13.8 Å². The Hall–Kier alpha value is -2.49. The smallest absolute Gasteiger partial charge is 0.262 e. The van der Waals surface area contributed by atoms with Gasteiger partial charge in [0.05, 0.1) is 22.0 Å². The molecule has 0 bridgehead atoms. The van der Waals surface area contributed by atoms with E-state index >= 15 is 0 Å². The lowest BCUT2D eigenvalue weighted by Gasteiger charge is -2.12. The third-order valence-corrected chi connectivity index (χ3v) is 7.07. The summed E-state index contributed by atoms with van der Waals surface area (Å²) in [5, 5.41) is 1.86. The molecule has 0 spiro atoms. The first-order valence-corrected chi connectivity index (χ1v) is 11.4. The number of para-hydroxylation sites is 1. The van der Waals surface area contributed by atoms with Crippen molar-refractivity contribution in [1.29, 1.82) is 0 Å². The molecule has 1 N–H and O–H groups in total. The van der Waals surface area contributed by atoms with Crippen molar-refractivity contribution in [2.24, 2.45) is 0 Å². The largest absolute Gasteiger partial charge is 0.385 e. The van der Waals surface area contributed by atoms with Crippen molar-refractivity contribution in [2.75, 3.05) is 13.7 Å². The molecule has 0 amide bonds. The summed E-state index contributed by atoms with van der Waals surface area (Å²) in [6.07, 6.45) is 0.707. The summed E-state index contributed by atoms with van der Waals surface area (Å²) < 4.78 is 6.82. The van der Waals surface area contributed by atoms with Crippen molar-refractivity contribution >= 4 is 44.2 Å². The Morgan fingerprint density at radius 3 is 2.80 bits per heavy atom. The van der Waals surface area contributed by atoms with Gasteiger partial charge in [0.1, 0.15) is 10.7 Å². The lowest BCUT2D eigenvalue weighted by molar-refractivity contribution is 0.189. The van der Waals surface area contributed by atoms with Crippen LogP contribution in [0.3, 0.4) is 0 Å². The van der Waals surface area contributed by atoms with Gasteiger partial charge in [0, 0.05) is 25.1 Å². The van der Waals surface area contributed by atoms with Gasteiger partial charge in [-0.1, -0.05) is 23.9 Å². The monoisotopic (exact) mass is 442 g/mol. The van der Waals surface area contributed by atoms with Crippen LogP contribution in [-0.2, 0) is 17.0 Å². The predicted molar refractivity (Wildman–Crippen MR) is 122 cm³/mol. The molecule has 0 saturated heterocycles. The molecule has 156 valence electrons. The molecule has 3 aromatic heterocycles. The Morgan fingerprint density at radius 1 is 1.20 bits per heavy atom. The van der Waals surface area contributed by atoms with Crippen molar-refractivity contribution in [2.45, 2.75) is 37.7 Å². The molecular weight excluding hydrogens is 420 g/mol. The zero-order valence-electron chi connectivity index (χ0n) is 17.0. The van der Waals surface area contributed by atoms with Gasteiger partial charge in [-0.25, -0.2) is 9.97 Å². The number of methoxy groups -OCH3 is 1. The van der Waals surface area contributed by atoms with Gasteiger partial charge < -0.3 is 9.72 Å². The average Bonchev–Trinajstić information content (AvgIpc) is 3.02. The molecule has 0 unspecified atom stereocenters. The van der Waals surface area contributed by atoms with Crippen LogP contribution in [0.15, 0.2) is 39.0 Å². The quantitative estimate of drug-likeness (QED) is 0.267. The lowest BCUT2D eigenvalue weighted by atomic mass is 10.2. The number of hydrogen-bond acceptors (Lipinski definition) is 7. The standard InChI is InChI=1S/C21H22N4O3S2/c1-12-13(2)30-19-17(12)18(26)23-16(24-19)11-29-21-22-15-8-5-4-7-14(15)20(27)25(21)9-6-10-28-3/h4-5,7-8H,6,9-11H2,1-3H3,(H,23,24,26). The summed E-state index contributed by atoms with van der Waals surface area (Å²) in [6.45, 7) is 5.01. The normalized spacial score (nSPS) is 11.6. The van der Waals surface area contributed by atoms with Gasteiger partial charge in [-0.3, -0.25) is 14.2 Å². The second kappa shape index (κ2) is 8.71. The molecule has 0 aliphatic carbocycles. The fraction of sp³-hybridized carbons (Fsp3) is 0.333. The number of aromatic nitrogens is 4. The Labute approximate surface area is 181 Å². The first-order valence-electron chi connectivity index (χ1n) is 9.59. The number of nitrogens with zero attached hydrogens (tertiary/aromatic N) is 3. The van der Waals surface area contributed by atoms with Gasteiger partial charge in [0.25, 0.3) is 11.1 Å². The molecule has 0 atom stereocenters. The van der Waals surface area contributed by atoms with Crippen LogP contribution in [0.1, 0.15) is 22.7 Å². The highest BCUT2D eigenvalue weighted by molar-refractivity contribution is 7.98. The molecule has 4 rings (SSSR count). The summed E-state index contributed by atoms with van der Waals surface area (Å²) in [6, 6.07) is 7.34. The second-order valence-corrected chi connectivity index (χ2v) is 9.13. The van der Waals surface area contributed by atoms with Crippen molar-refractivity contribution in [3.05, 3.63) is 61.2 Å². The van der Waals surface area contributed by atoms with Gasteiger partial charge in [-0.05, 0) is 38.0 Å². The van der Waals surface area contributed by atoms with Crippen LogP contribution in [0.25, 0.3) is 21.1 Å². The maximum Gasteiger partial charge on any atom is 0.262 e. The molecule has 9 heteroatoms. The first kappa shape index (κ1) is 20.8. The van der Waals surface area contributed by atoms with Crippen LogP contribution < -0.4 is 11.1 Å². The van der Waals surface area contributed by atoms with E-state index in [1.807, 2.05) is 32.0 Å². The maximum absolute atomic E-state index is 13.0. The molecule has 3 heterocycles. The van der Waals surface area contributed by atoms with Crippen LogP contribution in [0.4, 0.5) is 0 Å². The van der Waals surface area contributed by atoms with E-state index in [9.17, 15) is 9.59 Å².